The van der Waals surface area contributed by atoms with Crippen molar-refractivity contribution in [3.8, 4) is 0 Å². The molecule has 3 nitrogen and oxygen atoms in total. The summed E-state index contributed by atoms with van der Waals surface area (Å²) in [6.07, 6.45) is 2.50. The molecule has 0 rings (SSSR count). The lowest BCUT2D eigenvalue weighted by atomic mass is 10.2. The summed E-state index contributed by atoms with van der Waals surface area (Å²) in [5.41, 5.74) is 0. The molecule has 0 aliphatic carbocycles. The normalized spacial score (nSPS) is 10.9. The first-order valence-electron chi connectivity index (χ1n) is 2.44. The number of hydrogen-bond acceptors (Lipinski definition) is 2. The second-order valence-electron chi connectivity index (χ2n) is 1.87. The van der Waals surface area contributed by atoms with E-state index >= 15 is 0 Å². The molecule has 0 heterocycles. The lowest BCUT2D eigenvalue weighted by molar-refractivity contribution is -0.402. The summed E-state index contributed by atoms with van der Waals surface area (Å²) in [5.74, 6) is 0.264. The van der Waals surface area contributed by atoms with Gasteiger partial charge in [-0.3, -0.25) is 10.1 Å². The maximum absolute atomic E-state index is 9.62. The monoisotopic (exact) mass is 115 g/mol. The van der Waals surface area contributed by atoms with Crippen LogP contribution in [-0.2, 0) is 0 Å². The number of hydrogen-bond donors (Lipinski definition) is 0. The average Bonchev–Trinajstić information content (AvgIpc) is 1.61. The van der Waals surface area contributed by atoms with Crippen LogP contribution in [0.15, 0.2) is 12.3 Å². The van der Waals surface area contributed by atoms with Gasteiger partial charge in [0.2, 0.25) is 6.20 Å². The van der Waals surface area contributed by atoms with Crippen LogP contribution in [0.25, 0.3) is 0 Å². The molecule has 0 saturated heterocycles. The molecule has 0 amide bonds. The molecule has 0 saturated carbocycles. The molecule has 46 valence electrons. The molecule has 0 aromatic heterocycles. The summed E-state index contributed by atoms with van der Waals surface area (Å²) >= 11 is 0. The van der Waals surface area contributed by atoms with E-state index in [9.17, 15) is 10.1 Å². The van der Waals surface area contributed by atoms with E-state index in [4.69, 9.17) is 0 Å². The molecule has 3 heteroatoms. The molecule has 0 radical (unpaired) electrons. The van der Waals surface area contributed by atoms with Gasteiger partial charge in [0.25, 0.3) is 0 Å². The number of rotatable bonds is 2. The smallest absolute Gasteiger partial charge is 0.230 e. The van der Waals surface area contributed by atoms with Crippen molar-refractivity contribution in [2.24, 2.45) is 5.92 Å². The zero-order valence-corrected chi connectivity index (χ0v) is 5.00. The Morgan fingerprint density at radius 3 is 2.25 bits per heavy atom. The lowest BCUT2D eigenvalue weighted by Gasteiger charge is -1.86. The second-order valence-corrected chi connectivity index (χ2v) is 1.87. The highest BCUT2D eigenvalue weighted by atomic mass is 16.6. The maximum atomic E-state index is 9.62. The number of allylic oxidation sites excluding steroid dienone is 1. The van der Waals surface area contributed by atoms with E-state index in [1.807, 2.05) is 13.8 Å². The standard InChI is InChI=1S/C5H9NO2/c1-5(2)3-4-6(7)8/h3-5H,1-2H3/b4-3-. The largest absolute Gasteiger partial charge is 0.259 e. The fraction of sp³-hybridized carbons (Fsp3) is 0.600. The predicted molar refractivity (Wildman–Crippen MR) is 31.0 cm³/mol. The highest BCUT2D eigenvalue weighted by Crippen LogP contribution is 1.91. The van der Waals surface area contributed by atoms with E-state index in [0.29, 0.717) is 0 Å². The maximum Gasteiger partial charge on any atom is 0.230 e. The topological polar surface area (TPSA) is 43.1 Å². The van der Waals surface area contributed by atoms with Crippen molar-refractivity contribution in [3.63, 3.8) is 0 Å². The summed E-state index contributed by atoms with van der Waals surface area (Å²) < 4.78 is 0. The molecular formula is C5H9NO2. The number of nitrogens with zero attached hydrogens (tertiary/aromatic N) is 1. The molecule has 0 aliphatic rings. The van der Waals surface area contributed by atoms with E-state index in [1.54, 1.807) is 6.08 Å². The van der Waals surface area contributed by atoms with Crippen LogP contribution in [0.4, 0.5) is 0 Å². The Morgan fingerprint density at radius 2 is 2.12 bits per heavy atom. The minimum atomic E-state index is -0.458. The minimum Gasteiger partial charge on any atom is -0.259 e. The Morgan fingerprint density at radius 1 is 1.62 bits per heavy atom. The molecule has 0 aromatic carbocycles. The average molecular weight is 115 g/mol. The summed E-state index contributed by atoms with van der Waals surface area (Å²) in [7, 11) is 0. The van der Waals surface area contributed by atoms with Crippen molar-refractivity contribution in [1.29, 1.82) is 0 Å². The molecule has 0 atom stereocenters. The lowest BCUT2D eigenvalue weighted by Crippen LogP contribution is -1.85. The molecular weight excluding hydrogens is 106 g/mol. The van der Waals surface area contributed by atoms with Crippen molar-refractivity contribution in [2.75, 3.05) is 0 Å². The van der Waals surface area contributed by atoms with Crippen molar-refractivity contribution in [1.82, 2.24) is 0 Å². The second kappa shape index (κ2) is 3.18. The molecule has 0 unspecified atom stereocenters. The third-order valence-corrected chi connectivity index (χ3v) is 0.593. The molecule has 0 spiro atoms. The molecule has 0 fully saturated rings. The Labute approximate surface area is 48.2 Å². The zero-order valence-electron chi connectivity index (χ0n) is 5.00. The first kappa shape index (κ1) is 7.14. The third-order valence-electron chi connectivity index (χ3n) is 0.593. The van der Waals surface area contributed by atoms with Crippen LogP contribution in [0.3, 0.4) is 0 Å². The first-order chi connectivity index (χ1) is 3.63. The van der Waals surface area contributed by atoms with Crippen LogP contribution in [0, 0.1) is 16.0 Å². The molecule has 0 aliphatic heterocycles. The summed E-state index contributed by atoms with van der Waals surface area (Å²) in [4.78, 5) is 9.16. The quantitative estimate of drug-likeness (QED) is 0.403. The molecule has 0 bridgehead atoms. The van der Waals surface area contributed by atoms with E-state index in [2.05, 4.69) is 0 Å². The minimum absolute atomic E-state index is 0.264. The van der Waals surface area contributed by atoms with E-state index < -0.39 is 4.92 Å². The van der Waals surface area contributed by atoms with Crippen molar-refractivity contribution in [3.05, 3.63) is 22.4 Å². The number of nitro groups is 1. The molecule has 8 heavy (non-hydrogen) atoms. The van der Waals surface area contributed by atoms with Crippen LogP contribution < -0.4 is 0 Å². The Hall–Kier alpha value is -0.860. The van der Waals surface area contributed by atoms with Gasteiger partial charge in [-0.2, -0.15) is 0 Å². The van der Waals surface area contributed by atoms with Gasteiger partial charge in [-0.1, -0.05) is 13.8 Å². The summed E-state index contributed by atoms with van der Waals surface area (Å²) in [6.45, 7) is 3.78. The summed E-state index contributed by atoms with van der Waals surface area (Å²) in [5, 5.41) is 9.62. The fourth-order valence-electron chi connectivity index (χ4n) is 0.242. The van der Waals surface area contributed by atoms with Crippen LogP contribution in [0.2, 0.25) is 0 Å². The van der Waals surface area contributed by atoms with Gasteiger partial charge in [-0.25, -0.2) is 0 Å². The van der Waals surface area contributed by atoms with Gasteiger partial charge in [0.1, 0.15) is 0 Å². The van der Waals surface area contributed by atoms with Gasteiger partial charge in [-0.05, 0) is 12.0 Å². The van der Waals surface area contributed by atoms with Crippen molar-refractivity contribution in [2.45, 2.75) is 13.8 Å². The van der Waals surface area contributed by atoms with Gasteiger partial charge >= 0.3 is 0 Å². The zero-order chi connectivity index (χ0) is 6.57. The third kappa shape index (κ3) is 5.14. The predicted octanol–water partition coefficient (Wildman–Crippen LogP) is 1.43. The Balaban J connectivity index is 3.50. The first-order valence-corrected chi connectivity index (χ1v) is 2.44. The van der Waals surface area contributed by atoms with E-state index in [1.165, 1.54) is 0 Å². The van der Waals surface area contributed by atoms with E-state index in [-0.39, 0.29) is 5.92 Å². The van der Waals surface area contributed by atoms with Gasteiger partial charge in [0.15, 0.2) is 0 Å². The SMILES string of the molecule is CC(C)/C=C\[N+](=O)[O-]. The molecule has 0 N–H and O–H groups in total. The van der Waals surface area contributed by atoms with Gasteiger partial charge in [0.05, 0.1) is 4.92 Å². The van der Waals surface area contributed by atoms with Crippen LogP contribution >= 0.6 is 0 Å². The van der Waals surface area contributed by atoms with Gasteiger partial charge in [0, 0.05) is 0 Å². The van der Waals surface area contributed by atoms with Crippen LogP contribution in [0.5, 0.6) is 0 Å². The highest BCUT2D eigenvalue weighted by Gasteiger charge is 1.87. The fourth-order valence-corrected chi connectivity index (χ4v) is 0.242. The summed E-state index contributed by atoms with van der Waals surface area (Å²) in [6, 6.07) is 0. The Kier molecular flexibility index (Phi) is 2.84. The Bertz CT molecular complexity index is 107. The van der Waals surface area contributed by atoms with Crippen molar-refractivity contribution >= 4 is 0 Å². The van der Waals surface area contributed by atoms with Gasteiger partial charge < -0.3 is 0 Å². The van der Waals surface area contributed by atoms with Crippen LogP contribution in [-0.4, -0.2) is 4.92 Å². The molecule has 0 aromatic rings. The van der Waals surface area contributed by atoms with Crippen LogP contribution in [0.1, 0.15) is 13.8 Å². The highest BCUT2D eigenvalue weighted by molar-refractivity contribution is 4.75. The van der Waals surface area contributed by atoms with E-state index in [0.717, 1.165) is 6.20 Å². The van der Waals surface area contributed by atoms with Gasteiger partial charge in [-0.15, -0.1) is 0 Å². The van der Waals surface area contributed by atoms with Crippen molar-refractivity contribution < 1.29 is 4.92 Å².